The van der Waals surface area contributed by atoms with Gasteiger partial charge in [0.1, 0.15) is 0 Å². The van der Waals surface area contributed by atoms with Gasteiger partial charge in [-0.1, -0.05) is 22.6 Å². The summed E-state index contributed by atoms with van der Waals surface area (Å²) in [5.41, 5.74) is 0. The number of nitrogens with zero attached hydrogens (tertiary/aromatic N) is 1. The third-order valence-electron chi connectivity index (χ3n) is 1.91. The minimum absolute atomic E-state index is 0.189. The Morgan fingerprint density at radius 2 is 2.09 bits per heavy atom. The van der Waals surface area contributed by atoms with Gasteiger partial charge in [-0.3, -0.25) is 0 Å². The molecule has 0 aromatic rings. The van der Waals surface area contributed by atoms with Gasteiger partial charge in [-0.2, -0.15) is 4.31 Å². The smallest absolute Gasteiger partial charge is 0.212 e. The van der Waals surface area contributed by atoms with Gasteiger partial charge in [0.25, 0.3) is 0 Å². The number of alkyl halides is 1. The second-order valence-electron chi connectivity index (χ2n) is 3.08. The molecular weight excluding hydrogens is 277 g/mol. The van der Waals surface area contributed by atoms with Crippen LogP contribution in [0.5, 0.6) is 0 Å². The molecule has 0 saturated carbocycles. The first kappa shape index (κ1) is 9.73. The largest absolute Gasteiger partial charge is 0.212 e. The fourth-order valence-electron chi connectivity index (χ4n) is 1.41. The van der Waals surface area contributed by atoms with E-state index in [0.717, 1.165) is 12.8 Å². The van der Waals surface area contributed by atoms with Gasteiger partial charge >= 0.3 is 0 Å². The maximum absolute atomic E-state index is 11.2. The quantitative estimate of drug-likeness (QED) is 0.413. The lowest BCUT2D eigenvalue weighted by atomic mass is 10.3. The molecule has 1 aliphatic heterocycles. The normalized spacial score (nSPS) is 34.5. The second kappa shape index (κ2) is 2.85. The van der Waals surface area contributed by atoms with Crippen molar-refractivity contribution in [3.05, 3.63) is 0 Å². The summed E-state index contributed by atoms with van der Waals surface area (Å²) in [5, 5.41) is 0. The molecule has 1 heterocycles. The third kappa shape index (κ3) is 2.06. The van der Waals surface area contributed by atoms with Crippen LogP contribution < -0.4 is 0 Å². The Kier molecular flexibility index (Phi) is 2.52. The third-order valence-corrected chi connectivity index (χ3v) is 4.75. The lowest BCUT2D eigenvalue weighted by Crippen LogP contribution is -2.39. The van der Waals surface area contributed by atoms with Crippen molar-refractivity contribution in [1.82, 2.24) is 4.31 Å². The number of hydrogen-bond acceptors (Lipinski definition) is 2. The molecule has 5 heteroatoms. The Morgan fingerprint density at radius 1 is 1.55 bits per heavy atom. The van der Waals surface area contributed by atoms with Gasteiger partial charge < -0.3 is 0 Å². The molecule has 3 nitrogen and oxygen atoms in total. The molecule has 1 saturated heterocycles. The van der Waals surface area contributed by atoms with Crippen molar-refractivity contribution in [3.63, 3.8) is 0 Å². The molecule has 1 rings (SSSR count). The second-order valence-corrected chi connectivity index (χ2v) is 7.31. The zero-order valence-corrected chi connectivity index (χ0v) is 9.65. The van der Waals surface area contributed by atoms with Crippen molar-refractivity contribution in [2.24, 2.45) is 0 Å². The first-order valence-electron chi connectivity index (χ1n) is 3.51. The minimum Gasteiger partial charge on any atom is -0.212 e. The molecule has 0 bridgehead atoms. The Balaban J connectivity index is 2.91. The van der Waals surface area contributed by atoms with E-state index in [1.807, 2.05) is 6.92 Å². The van der Waals surface area contributed by atoms with Crippen LogP contribution in [0.3, 0.4) is 0 Å². The van der Waals surface area contributed by atoms with Crippen LogP contribution in [0.2, 0.25) is 0 Å². The molecule has 0 N–H and O–H groups in total. The maximum atomic E-state index is 11.2. The van der Waals surface area contributed by atoms with Gasteiger partial charge in [-0.15, -0.1) is 0 Å². The highest BCUT2D eigenvalue weighted by atomic mass is 127. The van der Waals surface area contributed by atoms with Crippen LogP contribution in [-0.2, 0) is 10.0 Å². The summed E-state index contributed by atoms with van der Waals surface area (Å²) >= 11 is 2.20. The zero-order chi connectivity index (χ0) is 8.70. The standard InChI is InChI=1S/C6H12INO2S/c1-6(7)4-3-5-8(6)11(2,9)10/h3-5H2,1-2H3. The van der Waals surface area contributed by atoms with Crippen LogP contribution in [0.15, 0.2) is 0 Å². The van der Waals surface area contributed by atoms with Crippen LogP contribution in [-0.4, -0.2) is 29.1 Å². The zero-order valence-electron chi connectivity index (χ0n) is 6.67. The lowest BCUT2D eigenvalue weighted by molar-refractivity contribution is 0.397. The Labute approximate surface area is 81.3 Å². The predicted molar refractivity (Wildman–Crippen MR) is 53.2 cm³/mol. The van der Waals surface area contributed by atoms with E-state index in [4.69, 9.17) is 0 Å². The van der Waals surface area contributed by atoms with Crippen LogP contribution >= 0.6 is 22.6 Å². The number of rotatable bonds is 1. The molecule has 0 aromatic carbocycles. The van der Waals surface area contributed by atoms with Crippen LogP contribution in [0, 0.1) is 0 Å². The Hall–Kier alpha value is 0.640. The van der Waals surface area contributed by atoms with E-state index < -0.39 is 10.0 Å². The summed E-state index contributed by atoms with van der Waals surface area (Å²) in [6.07, 6.45) is 3.21. The molecule has 1 fully saturated rings. The van der Waals surface area contributed by atoms with Gasteiger partial charge in [0.2, 0.25) is 10.0 Å². The summed E-state index contributed by atoms with van der Waals surface area (Å²) in [7, 11) is -2.98. The van der Waals surface area contributed by atoms with E-state index in [2.05, 4.69) is 22.6 Å². The molecule has 1 aliphatic rings. The molecule has 0 radical (unpaired) electrons. The molecule has 66 valence electrons. The fourth-order valence-corrected chi connectivity index (χ4v) is 4.35. The molecule has 1 unspecified atom stereocenters. The number of halogens is 1. The minimum atomic E-state index is -2.98. The van der Waals surface area contributed by atoms with Gasteiger partial charge in [-0.25, -0.2) is 8.42 Å². The number of hydrogen-bond donors (Lipinski definition) is 0. The van der Waals surface area contributed by atoms with E-state index in [-0.39, 0.29) is 3.55 Å². The van der Waals surface area contributed by atoms with Crippen molar-refractivity contribution < 1.29 is 8.42 Å². The van der Waals surface area contributed by atoms with Crippen LogP contribution in [0.25, 0.3) is 0 Å². The fraction of sp³-hybridized carbons (Fsp3) is 1.00. The maximum Gasteiger partial charge on any atom is 0.212 e. The van der Waals surface area contributed by atoms with Gasteiger partial charge in [-0.05, 0) is 19.8 Å². The summed E-state index contributed by atoms with van der Waals surface area (Å²) < 4.78 is 23.7. The van der Waals surface area contributed by atoms with Crippen molar-refractivity contribution >= 4 is 32.6 Å². The molecular formula is C6H12INO2S. The Bertz CT molecular complexity index is 247. The van der Waals surface area contributed by atoms with E-state index in [0.29, 0.717) is 6.54 Å². The van der Waals surface area contributed by atoms with E-state index in [1.165, 1.54) is 6.26 Å². The topological polar surface area (TPSA) is 37.4 Å². The highest BCUT2D eigenvalue weighted by Gasteiger charge is 2.39. The van der Waals surface area contributed by atoms with Gasteiger partial charge in [0.15, 0.2) is 0 Å². The molecule has 11 heavy (non-hydrogen) atoms. The SMILES string of the molecule is CC1(I)CCCN1S(C)(=O)=O. The summed E-state index contributed by atoms with van der Waals surface area (Å²) in [4.78, 5) is 0. The summed E-state index contributed by atoms with van der Waals surface area (Å²) in [6, 6.07) is 0. The van der Waals surface area contributed by atoms with Crippen LogP contribution in [0.1, 0.15) is 19.8 Å². The van der Waals surface area contributed by atoms with Crippen molar-refractivity contribution in [2.75, 3.05) is 12.8 Å². The average molecular weight is 289 g/mol. The average Bonchev–Trinajstić information content (AvgIpc) is 2.06. The van der Waals surface area contributed by atoms with E-state index >= 15 is 0 Å². The summed E-state index contributed by atoms with van der Waals surface area (Å²) in [6.45, 7) is 2.64. The van der Waals surface area contributed by atoms with E-state index in [1.54, 1.807) is 4.31 Å². The van der Waals surface area contributed by atoms with Crippen molar-refractivity contribution in [3.8, 4) is 0 Å². The Morgan fingerprint density at radius 3 is 2.27 bits per heavy atom. The monoisotopic (exact) mass is 289 g/mol. The molecule has 1 atom stereocenters. The lowest BCUT2D eigenvalue weighted by Gasteiger charge is -2.26. The highest BCUT2D eigenvalue weighted by Crippen LogP contribution is 2.36. The van der Waals surface area contributed by atoms with Gasteiger partial charge in [0.05, 0.1) is 9.80 Å². The first-order valence-corrected chi connectivity index (χ1v) is 6.43. The van der Waals surface area contributed by atoms with E-state index in [9.17, 15) is 8.42 Å². The highest BCUT2D eigenvalue weighted by molar-refractivity contribution is 14.1. The van der Waals surface area contributed by atoms with Gasteiger partial charge in [0, 0.05) is 6.54 Å². The first-order chi connectivity index (χ1) is 4.84. The molecule has 0 aliphatic carbocycles. The van der Waals surface area contributed by atoms with Crippen LogP contribution in [0.4, 0.5) is 0 Å². The summed E-state index contributed by atoms with van der Waals surface area (Å²) in [5.74, 6) is 0. The van der Waals surface area contributed by atoms with Crippen molar-refractivity contribution in [2.45, 2.75) is 23.3 Å². The molecule has 0 spiro atoms. The molecule has 0 amide bonds. The predicted octanol–water partition coefficient (Wildman–Crippen LogP) is 1.19. The van der Waals surface area contributed by atoms with Crippen molar-refractivity contribution in [1.29, 1.82) is 0 Å². The molecule has 0 aromatic heterocycles. The number of sulfonamides is 1.